The average molecular weight is 377 g/mol. The number of carbonyl (C=O) groups is 3. The summed E-state index contributed by atoms with van der Waals surface area (Å²) in [6.45, 7) is 2.63. The van der Waals surface area contributed by atoms with E-state index in [1.807, 2.05) is 0 Å². The number of hydrogen-bond donors (Lipinski definition) is 4. The molecule has 2 rings (SSSR count). The Morgan fingerprint density at radius 1 is 1.37 bits per heavy atom. The van der Waals surface area contributed by atoms with Crippen molar-refractivity contribution in [3.05, 3.63) is 29.8 Å². The van der Waals surface area contributed by atoms with E-state index in [1.165, 1.54) is 6.21 Å². The maximum absolute atomic E-state index is 12.5. The Morgan fingerprint density at radius 2 is 2.11 bits per heavy atom. The molecular weight excluding hydrogens is 354 g/mol. The molecule has 1 aliphatic rings. The van der Waals surface area contributed by atoms with Gasteiger partial charge in [-0.2, -0.15) is 10.7 Å². The Hall–Kier alpha value is -3.14. The number of ether oxygens (including phenoxy) is 1. The lowest BCUT2D eigenvalue weighted by Crippen LogP contribution is -2.46. The summed E-state index contributed by atoms with van der Waals surface area (Å²) in [6, 6.07) is 5.92. The number of anilines is 1. The van der Waals surface area contributed by atoms with E-state index < -0.39 is 12.1 Å². The lowest BCUT2D eigenvalue weighted by atomic mass is 10.2. The second-order valence-corrected chi connectivity index (χ2v) is 5.74. The molecule has 1 aromatic rings. The third-order valence-corrected chi connectivity index (χ3v) is 3.91. The van der Waals surface area contributed by atoms with E-state index in [2.05, 4.69) is 15.7 Å². The molecule has 0 radical (unpaired) electrons. The van der Waals surface area contributed by atoms with Gasteiger partial charge in [0.05, 0.1) is 19.2 Å². The zero-order chi connectivity index (χ0) is 19.6. The van der Waals surface area contributed by atoms with Crippen LogP contribution in [0.1, 0.15) is 25.3 Å². The fraction of sp³-hybridized carbons (Fsp3) is 0.412. The molecule has 0 saturated carbocycles. The van der Waals surface area contributed by atoms with E-state index in [1.54, 1.807) is 41.7 Å². The number of carbonyl (C=O) groups excluding carboxylic acids is 3. The quantitative estimate of drug-likeness (QED) is 0.294. The Labute approximate surface area is 156 Å². The number of esters is 1. The second-order valence-electron chi connectivity index (χ2n) is 5.74. The molecule has 1 saturated heterocycles. The van der Waals surface area contributed by atoms with Crippen LogP contribution in [-0.2, 0) is 14.3 Å². The number of nitrogens with one attached hydrogen (secondary N) is 3. The minimum atomic E-state index is -0.618. The highest BCUT2D eigenvalue weighted by atomic mass is 16.5. The Balaban J connectivity index is 1.82. The monoisotopic (exact) mass is 377 g/mol. The molecule has 3 amide bonds. The molecule has 4 N–H and O–H groups in total. The van der Waals surface area contributed by atoms with E-state index in [9.17, 15) is 14.4 Å². The van der Waals surface area contributed by atoms with Gasteiger partial charge in [0, 0.05) is 18.8 Å². The van der Waals surface area contributed by atoms with Gasteiger partial charge in [0.15, 0.2) is 0 Å². The van der Waals surface area contributed by atoms with Gasteiger partial charge in [0.25, 0.3) is 0 Å². The van der Waals surface area contributed by atoms with Gasteiger partial charge in [-0.05, 0) is 31.0 Å². The second kappa shape index (κ2) is 10.1. The molecule has 1 atom stereocenters. The first kappa shape index (κ1) is 20.2. The molecule has 10 nitrogen and oxygen atoms in total. The molecule has 0 bridgehead atoms. The van der Waals surface area contributed by atoms with Crippen molar-refractivity contribution in [1.82, 2.24) is 16.2 Å². The van der Waals surface area contributed by atoms with Crippen molar-refractivity contribution < 1.29 is 24.3 Å². The van der Waals surface area contributed by atoms with Crippen molar-refractivity contribution in [3.63, 3.8) is 0 Å². The van der Waals surface area contributed by atoms with Crippen LogP contribution in [0.15, 0.2) is 29.4 Å². The van der Waals surface area contributed by atoms with Crippen molar-refractivity contribution >= 4 is 29.8 Å². The van der Waals surface area contributed by atoms with Crippen LogP contribution in [0.5, 0.6) is 0 Å². The van der Waals surface area contributed by atoms with E-state index in [0.717, 1.165) is 5.56 Å². The standard InChI is InChI=1S/C17H23N5O5/c1-2-27-15(23)7-9-18-17(25)20-14-8-10-22(16(14)24)13-5-3-12(4-6-13)11-19-21-26/h3-6,11,14,21,26H,2,7-10H2,1H3,(H2,18,20,25)/t14-/m0/s1. The third kappa shape index (κ3) is 5.96. The van der Waals surface area contributed by atoms with Gasteiger partial charge in [-0.3, -0.25) is 14.8 Å². The Kier molecular flexibility index (Phi) is 7.56. The minimum absolute atomic E-state index is 0.0768. The first-order valence-electron chi connectivity index (χ1n) is 8.58. The lowest BCUT2D eigenvalue weighted by Gasteiger charge is -2.17. The van der Waals surface area contributed by atoms with Gasteiger partial charge in [-0.25, -0.2) is 4.79 Å². The first-order chi connectivity index (χ1) is 13.0. The molecule has 1 aliphatic heterocycles. The summed E-state index contributed by atoms with van der Waals surface area (Å²) >= 11 is 0. The minimum Gasteiger partial charge on any atom is -0.466 e. The van der Waals surface area contributed by atoms with Gasteiger partial charge >= 0.3 is 12.0 Å². The number of nitrogens with zero attached hydrogens (tertiary/aromatic N) is 2. The zero-order valence-electron chi connectivity index (χ0n) is 15.0. The number of hydrazone groups is 1. The van der Waals surface area contributed by atoms with Crippen LogP contribution in [-0.4, -0.2) is 55.1 Å². The summed E-state index contributed by atoms with van der Waals surface area (Å²) in [5, 5.41) is 17.1. The fourth-order valence-corrected chi connectivity index (χ4v) is 2.63. The molecular formula is C17H23N5O5. The number of rotatable bonds is 8. The van der Waals surface area contributed by atoms with E-state index in [-0.39, 0.29) is 24.8 Å². The normalized spacial score (nSPS) is 16.4. The third-order valence-electron chi connectivity index (χ3n) is 3.91. The van der Waals surface area contributed by atoms with Crippen molar-refractivity contribution in [2.75, 3.05) is 24.6 Å². The molecule has 1 aromatic carbocycles. The summed E-state index contributed by atoms with van der Waals surface area (Å²) in [6.07, 6.45) is 2.00. The highest BCUT2D eigenvalue weighted by Gasteiger charge is 2.33. The summed E-state index contributed by atoms with van der Waals surface area (Å²) in [7, 11) is 0. The summed E-state index contributed by atoms with van der Waals surface area (Å²) < 4.78 is 4.77. The van der Waals surface area contributed by atoms with Crippen molar-refractivity contribution in [2.24, 2.45) is 5.10 Å². The van der Waals surface area contributed by atoms with Gasteiger partial charge in [-0.15, -0.1) is 0 Å². The molecule has 0 spiro atoms. The van der Waals surface area contributed by atoms with Crippen LogP contribution in [0, 0.1) is 0 Å². The van der Waals surface area contributed by atoms with Crippen LogP contribution in [0.25, 0.3) is 0 Å². The highest BCUT2D eigenvalue weighted by Crippen LogP contribution is 2.21. The van der Waals surface area contributed by atoms with Gasteiger partial charge < -0.3 is 20.3 Å². The Bertz CT molecular complexity index is 691. The molecule has 0 aliphatic carbocycles. The molecule has 1 heterocycles. The van der Waals surface area contributed by atoms with E-state index in [0.29, 0.717) is 25.3 Å². The Morgan fingerprint density at radius 3 is 2.78 bits per heavy atom. The van der Waals surface area contributed by atoms with Crippen molar-refractivity contribution in [2.45, 2.75) is 25.8 Å². The van der Waals surface area contributed by atoms with Crippen LogP contribution in [0.3, 0.4) is 0 Å². The van der Waals surface area contributed by atoms with Crippen LogP contribution in [0.4, 0.5) is 10.5 Å². The van der Waals surface area contributed by atoms with Gasteiger partial charge in [0.1, 0.15) is 6.04 Å². The van der Waals surface area contributed by atoms with Crippen LogP contribution >= 0.6 is 0 Å². The first-order valence-corrected chi connectivity index (χ1v) is 8.58. The molecule has 0 unspecified atom stereocenters. The molecule has 146 valence electrons. The summed E-state index contributed by atoms with van der Waals surface area (Å²) in [5.41, 5.74) is 3.14. The summed E-state index contributed by atoms with van der Waals surface area (Å²) in [5.74, 6) is -0.585. The van der Waals surface area contributed by atoms with Gasteiger partial charge in [-0.1, -0.05) is 12.1 Å². The molecule has 0 aromatic heterocycles. The fourth-order valence-electron chi connectivity index (χ4n) is 2.63. The lowest BCUT2D eigenvalue weighted by molar-refractivity contribution is -0.142. The van der Waals surface area contributed by atoms with E-state index in [4.69, 9.17) is 9.94 Å². The predicted molar refractivity (Wildman–Crippen MR) is 97.5 cm³/mol. The molecule has 10 heteroatoms. The van der Waals surface area contributed by atoms with Crippen LogP contribution < -0.4 is 21.1 Å². The van der Waals surface area contributed by atoms with E-state index >= 15 is 0 Å². The topological polar surface area (TPSA) is 132 Å². The SMILES string of the molecule is CCOC(=O)CCNC(=O)N[C@H]1CCN(c2ccc(C=NNO)cc2)C1=O. The zero-order valence-corrected chi connectivity index (χ0v) is 15.0. The molecule has 1 fully saturated rings. The van der Waals surface area contributed by atoms with Gasteiger partial charge in [0.2, 0.25) is 5.91 Å². The van der Waals surface area contributed by atoms with Crippen LogP contribution in [0.2, 0.25) is 0 Å². The predicted octanol–water partition coefficient (Wildman–Crippen LogP) is 0.357. The largest absolute Gasteiger partial charge is 0.466 e. The highest BCUT2D eigenvalue weighted by molar-refractivity contribution is 6.01. The smallest absolute Gasteiger partial charge is 0.315 e. The number of amides is 3. The number of urea groups is 1. The van der Waals surface area contributed by atoms with Crippen molar-refractivity contribution in [3.8, 4) is 0 Å². The summed E-state index contributed by atoms with van der Waals surface area (Å²) in [4.78, 5) is 37.2. The average Bonchev–Trinajstić information content (AvgIpc) is 3.01. The maximum Gasteiger partial charge on any atom is 0.315 e. The number of benzene rings is 1. The molecule has 27 heavy (non-hydrogen) atoms. The number of hydrogen-bond acceptors (Lipinski definition) is 7. The van der Waals surface area contributed by atoms with Crippen molar-refractivity contribution in [1.29, 1.82) is 0 Å². The maximum atomic E-state index is 12.5.